The van der Waals surface area contributed by atoms with E-state index in [0.29, 0.717) is 43.8 Å². The van der Waals surface area contributed by atoms with Gasteiger partial charge in [-0.2, -0.15) is 0 Å². The number of anilines is 1. The second kappa shape index (κ2) is 16.4. The number of carbonyl (C=O) groups excluding carboxylic acids is 2. The molecule has 0 radical (unpaired) electrons. The van der Waals surface area contributed by atoms with Crippen LogP contribution in [0.5, 0.6) is 11.5 Å². The summed E-state index contributed by atoms with van der Waals surface area (Å²) in [6.45, 7) is 3.91. The average Bonchev–Trinajstić information content (AvgIpc) is 3.18. The van der Waals surface area contributed by atoms with Gasteiger partial charge in [0.1, 0.15) is 17.3 Å². The third-order valence-electron chi connectivity index (χ3n) is 9.17. The molecule has 1 aliphatic rings. The number of amides is 2. The number of hydrogen-bond donors (Lipinski definition) is 1. The van der Waals surface area contributed by atoms with Gasteiger partial charge in [-0.3, -0.25) is 9.59 Å². The Bertz CT molecular complexity index is 2290. The minimum Gasteiger partial charge on any atom is -0.497 e. The summed E-state index contributed by atoms with van der Waals surface area (Å²) in [5.74, 6) is 0.564. The molecule has 268 valence electrons. The lowest BCUT2D eigenvalue weighted by atomic mass is 9.88. The molecule has 0 fully saturated rings. The second-order valence-corrected chi connectivity index (χ2v) is 13.3. The lowest BCUT2D eigenvalue weighted by molar-refractivity contribution is 0.0938. The molecule has 6 nitrogen and oxygen atoms in total. The average molecular weight is 748 g/mol. The van der Waals surface area contributed by atoms with E-state index in [4.69, 9.17) is 32.7 Å². The number of hydrogen-bond acceptors (Lipinski definition) is 4. The van der Waals surface area contributed by atoms with Crippen molar-refractivity contribution in [2.45, 2.75) is 25.9 Å². The van der Waals surface area contributed by atoms with Gasteiger partial charge in [-0.05, 0) is 103 Å². The fourth-order valence-corrected chi connectivity index (χ4v) is 6.84. The van der Waals surface area contributed by atoms with Gasteiger partial charge in [-0.1, -0.05) is 89.9 Å². The molecule has 1 N–H and O–H groups in total. The minimum atomic E-state index is -0.402. The molecule has 2 amide bonds. The zero-order valence-electron chi connectivity index (χ0n) is 29.6. The van der Waals surface area contributed by atoms with Crippen LogP contribution < -0.4 is 19.7 Å². The van der Waals surface area contributed by atoms with Gasteiger partial charge in [0.25, 0.3) is 11.8 Å². The van der Waals surface area contributed by atoms with E-state index in [2.05, 4.69) is 17.4 Å². The Labute approximate surface area is 318 Å². The maximum absolute atomic E-state index is 14.4. The molecule has 7 rings (SSSR count). The molecule has 53 heavy (non-hydrogen) atoms. The number of nitrogens with zero attached hydrogens (tertiary/aromatic N) is 1. The predicted molar refractivity (Wildman–Crippen MR) is 211 cm³/mol. The van der Waals surface area contributed by atoms with Crippen LogP contribution in [0.15, 0.2) is 133 Å². The van der Waals surface area contributed by atoms with Crippen LogP contribution in [0.4, 0.5) is 10.1 Å². The van der Waals surface area contributed by atoms with Gasteiger partial charge in [0.2, 0.25) is 0 Å². The number of benzene rings is 6. The van der Waals surface area contributed by atoms with E-state index < -0.39 is 5.82 Å². The largest absolute Gasteiger partial charge is 0.497 e. The molecule has 1 heterocycles. The summed E-state index contributed by atoms with van der Waals surface area (Å²) in [7, 11) is 3.15. The fraction of sp³-hybridized carbons (Fsp3) is 0.136. The van der Waals surface area contributed by atoms with Gasteiger partial charge < -0.3 is 19.7 Å². The van der Waals surface area contributed by atoms with Crippen LogP contribution >= 0.6 is 23.2 Å². The molecule has 0 aromatic heterocycles. The Balaban J connectivity index is 0.000000181. The third kappa shape index (κ3) is 8.07. The van der Waals surface area contributed by atoms with Crippen LogP contribution in [-0.4, -0.2) is 26.0 Å². The molecule has 6 aromatic rings. The molecular formula is C44H37Cl2FN2O4. The maximum atomic E-state index is 14.4. The number of halogens is 3. The summed E-state index contributed by atoms with van der Waals surface area (Å²) in [5.41, 5.74) is 7.16. The van der Waals surface area contributed by atoms with Crippen LogP contribution in [0, 0.1) is 5.82 Å². The van der Waals surface area contributed by atoms with Crippen molar-refractivity contribution in [3.05, 3.63) is 172 Å². The van der Waals surface area contributed by atoms with E-state index in [1.54, 1.807) is 56.7 Å². The highest BCUT2D eigenvalue weighted by Gasteiger charge is 2.33. The van der Waals surface area contributed by atoms with E-state index in [0.717, 1.165) is 27.9 Å². The van der Waals surface area contributed by atoms with Crippen LogP contribution in [0.25, 0.3) is 22.3 Å². The molecule has 2 atom stereocenters. The van der Waals surface area contributed by atoms with Crippen LogP contribution in [-0.2, 0) is 0 Å². The zero-order valence-corrected chi connectivity index (χ0v) is 31.1. The van der Waals surface area contributed by atoms with Crippen molar-refractivity contribution in [3.8, 4) is 33.8 Å². The molecule has 6 aromatic carbocycles. The highest BCUT2D eigenvalue weighted by Crippen LogP contribution is 2.46. The lowest BCUT2D eigenvalue weighted by Crippen LogP contribution is -2.36. The Morgan fingerprint density at radius 3 is 1.94 bits per heavy atom. The predicted octanol–water partition coefficient (Wildman–Crippen LogP) is 11.4. The normalized spacial score (nSPS) is 13.4. The summed E-state index contributed by atoms with van der Waals surface area (Å²) < 4.78 is 24.8. The summed E-state index contributed by atoms with van der Waals surface area (Å²) >= 11 is 12.1. The topological polar surface area (TPSA) is 67.9 Å². The van der Waals surface area contributed by atoms with Crippen LogP contribution in [0.3, 0.4) is 0 Å². The molecule has 0 spiro atoms. The number of carbonyl (C=O) groups is 2. The van der Waals surface area contributed by atoms with Crippen LogP contribution in [0.2, 0.25) is 10.0 Å². The van der Waals surface area contributed by atoms with E-state index in [1.807, 2.05) is 91.5 Å². The molecular weight excluding hydrogens is 710 g/mol. The first kappa shape index (κ1) is 37.1. The molecule has 0 bridgehead atoms. The SMILES string of the molecule is COc1cccc(C(=O)N2c3cc(Cl)ccc3-c3ccccc3C2C)c1.COc1cccc(C(=O)NC(C)c2ccccc2-c2ccc(Cl)cc2F)c1. The first-order valence-electron chi connectivity index (χ1n) is 16.9. The van der Waals surface area contributed by atoms with Crippen molar-refractivity contribution in [1.29, 1.82) is 0 Å². The fourth-order valence-electron chi connectivity index (χ4n) is 6.52. The Morgan fingerprint density at radius 1 is 0.679 bits per heavy atom. The van der Waals surface area contributed by atoms with E-state index in [9.17, 15) is 14.0 Å². The lowest BCUT2D eigenvalue weighted by Gasteiger charge is -2.37. The number of fused-ring (bicyclic) bond motifs is 3. The maximum Gasteiger partial charge on any atom is 0.258 e. The van der Waals surface area contributed by atoms with E-state index >= 15 is 0 Å². The van der Waals surface area contributed by atoms with Gasteiger partial charge in [0.15, 0.2) is 0 Å². The van der Waals surface area contributed by atoms with E-state index in [-0.39, 0.29) is 23.9 Å². The molecule has 0 aliphatic carbocycles. The molecule has 0 saturated heterocycles. The zero-order chi connectivity index (χ0) is 37.6. The highest BCUT2D eigenvalue weighted by molar-refractivity contribution is 6.31. The Kier molecular flexibility index (Phi) is 11.5. The standard InChI is InChI=1S/C22H19ClFNO2.C22H18ClNO2/c1-14(25-22(26)15-6-5-7-17(12-15)27-2)18-8-3-4-9-19(18)20-11-10-16(23)13-21(20)24;1-14-18-8-3-4-9-19(18)20-11-10-16(23)13-21(20)24(14)22(25)15-6-5-7-17(12-15)26-2/h3-14H,1-2H3,(H,25,26);3-14H,1-2H3. The molecule has 0 saturated carbocycles. The van der Waals surface area contributed by atoms with Crippen molar-refractivity contribution in [2.24, 2.45) is 0 Å². The van der Waals surface area contributed by atoms with Gasteiger partial charge in [-0.25, -0.2) is 4.39 Å². The first-order valence-corrected chi connectivity index (χ1v) is 17.7. The number of methoxy groups -OCH3 is 2. The number of rotatable bonds is 7. The van der Waals surface area contributed by atoms with Crippen LogP contribution in [0.1, 0.15) is 57.8 Å². The van der Waals surface area contributed by atoms with Crippen molar-refractivity contribution in [1.82, 2.24) is 5.32 Å². The molecule has 1 aliphatic heterocycles. The summed E-state index contributed by atoms with van der Waals surface area (Å²) in [6.07, 6.45) is 0. The summed E-state index contributed by atoms with van der Waals surface area (Å²) in [5, 5.41) is 3.91. The van der Waals surface area contributed by atoms with Crippen molar-refractivity contribution >= 4 is 40.7 Å². The number of nitrogens with one attached hydrogen (secondary N) is 1. The Morgan fingerprint density at radius 2 is 1.26 bits per heavy atom. The monoisotopic (exact) mass is 746 g/mol. The van der Waals surface area contributed by atoms with Crippen molar-refractivity contribution in [3.63, 3.8) is 0 Å². The smallest absolute Gasteiger partial charge is 0.258 e. The Hall–Kier alpha value is -5.63. The number of ether oxygens (including phenoxy) is 2. The third-order valence-corrected chi connectivity index (χ3v) is 9.64. The first-order chi connectivity index (χ1) is 25.6. The van der Waals surface area contributed by atoms with Crippen molar-refractivity contribution < 1.29 is 23.5 Å². The van der Waals surface area contributed by atoms with Crippen molar-refractivity contribution in [2.75, 3.05) is 19.1 Å². The summed E-state index contributed by atoms with van der Waals surface area (Å²) in [6, 6.07) is 39.6. The summed E-state index contributed by atoms with van der Waals surface area (Å²) in [4.78, 5) is 27.8. The van der Waals surface area contributed by atoms with Gasteiger partial charge in [-0.15, -0.1) is 0 Å². The van der Waals surface area contributed by atoms with Gasteiger partial charge >= 0.3 is 0 Å². The highest BCUT2D eigenvalue weighted by atomic mass is 35.5. The van der Waals surface area contributed by atoms with E-state index in [1.165, 1.54) is 6.07 Å². The quantitative estimate of drug-likeness (QED) is 0.177. The van der Waals surface area contributed by atoms with Gasteiger partial charge in [0.05, 0.1) is 32.0 Å². The second-order valence-electron chi connectivity index (χ2n) is 12.5. The molecule has 9 heteroatoms. The minimum absolute atomic E-state index is 0.0746. The molecule has 2 unspecified atom stereocenters. The van der Waals surface area contributed by atoms with Gasteiger partial charge in [0, 0.05) is 32.3 Å².